The quantitative estimate of drug-likeness (QED) is 0.633. The van der Waals surface area contributed by atoms with Gasteiger partial charge >= 0.3 is 12.1 Å². The molecule has 0 aliphatic heterocycles. The Bertz CT molecular complexity index is 664. The molecular weight excluding hydrogens is 283 g/mol. The fourth-order valence-corrected chi connectivity index (χ4v) is 1.57. The Balaban J connectivity index is 2.22. The van der Waals surface area contributed by atoms with Crippen molar-refractivity contribution in [2.24, 2.45) is 5.73 Å². The van der Waals surface area contributed by atoms with Gasteiger partial charge in [0.25, 0.3) is 5.84 Å². The van der Waals surface area contributed by atoms with Crippen LogP contribution in [0.15, 0.2) is 48.7 Å². The van der Waals surface area contributed by atoms with E-state index in [1.54, 1.807) is 30.3 Å². The van der Waals surface area contributed by atoms with Gasteiger partial charge in [-0.3, -0.25) is 5.73 Å². The van der Waals surface area contributed by atoms with Gasteiger partial charge < -0.3 is 0 Å². The molecule has 3 N–H and O–H groups in total. The molecule has 108 valence electrons. The Morgan fingerprint density at radius 3 is 2.29 bits per heavy atom. The molecule has 0 spiro atoms. The molecule has 0 atom stereocenters. The van der Waals surface area contributed by atoms with Crippen LogP contribution < -0.4 is 10.7 Å². The first kappa shape index (κ1) is 14.7. The minimum Gasteiger partial charge on any atom is -0.285 e. The molecule has 1 aromatic carbocycles. The molecule has 21 heavy (non-hydrogen) atoms. The molecule has 1 aromatic heterocycles. The Morgan fingerprint density at radius 2 is 1.76 bits per heavy atom. The molecule has 0 fully saturated rings. The van der Waals surface area contributed by atoms with Crippen molar-refractivity contribution in [3.8, 4) is 0 Å². The van der Waals surface area contributed by atoms with Crippen molar-refractivity contribution in [2.45, 2.75) is 6.18 Å². The highest BCUT2D eigenvalue weighted by atomic mass is 19.4. The number of alkyl halides is 3. The summed E-state index contributed by atoms with van der Waals surface area (Å²) in [5.41, 5.74) is 5.20. The summed E-state index contributed by atoms with van der Waals surface area (Å²) >= 11 is 0. The maximum Gasteiger partial charge on any atom is 0.417 e. The number of aromatic nitrogens is 1. The van der Waals surface area contributed by atoms with Gasteiger partial charge in [-0.05, 0) is 24.3 Å². The summed E-state index contributed by atoms with van der Waals surface area (Å²) in [6, 6.07) is 10.2. The van der Waals surface area contributed by atoms with Gasteiger partial charge in [0.15, 0.2) is 5.69 Å². The third-order valence-corrected chi connectivity index (χ3v) is 2.65. The molecule has 0 unspecified atom stereocenters. The Hall–Kier alpha value is -2.70. The number of amides is 1. The van der Waals surface area contributed by atoms with E-state index in [0.29, 0.717) is 11.8 Å². The van der Waals surface area contributed by atoms with Crippen LogP contribution in [0.1, 0.15) is 21.6 Å². The lowest BCUT2D eigenvalue weighted by Crippen LogP contribution is -2.79. The van der Waals surface area contributed by atoms with Crippen molar-refractivity contribution in [1.29, 1.82) is 0 Å². The summed E-state index contributed by atoms with van der Waals surface area (Å²) in [6.45, 7) is 0. The van der Waals surface area contributed by atoms with Crippen molar-refractivity contribution in [2.75, 3.05) is 0 Å². The van der Waals surface area contributed by atoms with Gasteiger partial charge in [-0.15, -0.1) is 0 Å². The molecule has 0 aliphatic carbocycles. The van der Waals surface area contributed by atoms with E-state index in [-0.39, 0.29) is 11.5 Å². The molecule has 7 heteroatoms. The zero-order valence-corrected chi connectivity index (χ0v) is 10.7. The number of rotatable bonds is 2. The molecule has 4 nitrogen and oxygen atoms in total. The molecule has 0 saturated carbocycles. The first-order valence-electron chi connectivity index (χ1n) is 5.90. The van der Waals surface area contributed by atoms with Gasteiger partial charge in [-0.1, -0.05) is 18.2 Å². The van der Waals surface area contributed by atoms with E-state index >= 15 is 0 Å². The first-order chi connectivity index (χ1) is 9.88. The van der Waals surface area contributed by atoms with E-state index in [4.69, 9.17) is 5.73 Å². The highest BCUT2D eigenvalue weighted by Crippen LogP contribution is 2.28. The SMILES string of the molecule is NC(=[NH+]C(=O)c1ccccc1)c1ccc(C(F)(F)F)cn1. The van der Waals surface area contributed by atoms with Gasteiger partial charge in [0, 0.05) is 6.20 Å². The van der Waals surface area contributed by atoms with Crippen LogP contribution in [0.25, 0.3) is 0 Å². The molecule has 0 radical (unpaired) electrons. The summed E-state index contributed by atoms with van der Waals surface area (Å²) in [5, 5.41) is 0. The number of hydrogen-bond acceptors (Lipinski definition) is 2. The second kappa shape index (κ2) is 5.74. The van der Waals surface area contributed by atoms with E-state index in [9.17, 15) is 18.0 Å². The summed E-state index contributed by atoms with van der Waals surface area (Å²) in [5.74, 6) is -0.577. The Labute approximate surface area is 118 Å². The monoisotopic (exact) mass is 294 g/mol. The smallest absolute Gasteiger partial charge is 0.285 e. The third kappa shape index (κ3) is 3.65. The van der Waals surface area contributed by atoms with Crippen molar-refractivity contribution in [1.82, 2.24) is 4.98 Å². The Kier molecular flexibility index (Phi) is 4.02. The standard InChI is InChI=1S/C14H10F3N3O/c15-14(16,17)10-6-7-11(19-8-10)12(18)20-13(21)9-4-2-1-3-5-9/h1-8H,(H2,18,20,21)/p+1. The van der Waals surface area contributed by atoms with Crippen molar-refractivity contribution in [3.63, 3.8) is 0 Å². The molecular formula is C14H11F3N3O+. The average Bonchev–Trinajstić information content (AvgIpc) is 2.47. The van der Waals surface area contributed by atoms with Crippen LogP contribution in [0.5, 0.6) is 0 Å². The van der Waals surface area contributed by atoms with E-state index in [2.05, 4.69) is 9.98 Å². The molecule has 1 amide bonds. The number of benzene rings is 1. The molecule has 1 heterocycles. The fraction of sp³-hybridized carbons (Fsp3) is 0.0714. The maximum atomic E-state index is 12.4. The predicted octanol–water partition coefficient (Wildman–Crippen LogP) is 0.727. The molecule has 2 aromatic rings. The fourth-order valence-electron chi connectivity index (χ4n) is 1.57. The second-order valence-electron chi connectivity index (χ2n) is 4.16. The summed E-state index contributed by atoms with van der Waals surface area (Å²) in [6.07, 6.45) is -3.80. The highest BCUT2D eigenvalue weighted by molar-refractivity contribution is 5.96. The van der Waals surface area contributed by atoms with E-state index in [1.807, 2.05) is 0 Å². The van der Waals surface area contributed by atoms with Gasteiger partial charge in [0.1, 0.15) is 0 Å². The number of nitrogens with one attached hydrogen (secondary N) is 1. The third-order valence-electron chi connectivity index (χ3n) is 2.65. The molecule has 0 bridgehead atoms. The largest absolute Gasteiger partial charge is 0.417 e. The number of nitrogens with zero attached hydrogens (tertiary/aromatic N) is 1. The number of pyridine rings is 1. The van der Waals surface area contributed by atoms with E-state index in [0.717, 1.165) is 12.1 Å². The molecule has 0 aliphatic rings. The topological polar surface area (TPSA) is 70.0 Å². The number of halogens is 3. The van der Waals surface area contributed by atoms with Gasteiger partial charge in [0.05, 0.1) is 11.1 Å². The van der Waals surface area contributed by atoms with Crippen LogP contribution in [-0.4, -0.2) is 16.7 Å². The van der Waals surface area contributed by atoms with Gasteiger partial charge in [0.2, 0.25) is 0 Å². The van der Waals surface area contributed by atoms with Gasteiger partial charge in [-0.2, -0.15) is 13.2 Å². The number of nitrogens with two attached hydrogens (primary N) is 1. The second-order valence-corrected chi connectivity index (χ2v) is 4.16. The number of carbonyl (C=O) groups is 1. The molecule has 0 saturated heterocycles. The average molecular weight is 294 g/mol. The van der Waals surface area contributed by atoms with Crippen LogP contribution in [0.2, 0.25) is 0 Å². The number of hydrogen-bond donors (Lipinski definition) is 2. The summed E-state index contributed by atoms with van der Waals surface area (Å²) < 4.78 is 37.2. The lowest BCUT2D eigenvalue weighted by atomic mass is 10.2. The Morgan fingerprint density at radius 1 is 1.10 bits per heavy atom. The zero-order valence-electron chi connectivity index (χ0n) is 10.7. The predicted molar refractivity (Wildman–Crippen MR) is 69.3 cm³/mol. The number of nitrogen functional groups attached to an aromatic ring is 1. The van der Waals surface area contributed by atoms with Crippen LogP contribution >= 0.6 is 0 Å². The van der Waals surface area contributed by atoms with Crippen LogP contribution in [0, 0.1) is 0 Å². The van der Waals surface area contributed by atoms with Crippen molar-refractivity contribution in [3.05, 3.63) is 65.5 Å². The number of amidine groups is 1. The first-order valence-corrected chi connectivity index (χ1v) is 5.90. The van der Waals surface area contributed by atoms with E-state index in [1.165, 1.54) is 0 Å². The van der Waals surface area contributed by atoms with Crippen molar-refractivity contribution >= 4 is 11.7 Å². The van der Waals surface area contributed by atoms with Gasteiger partial charge in [-0.25, -0.2) is 14.8 Å². The summed E-state index contributed by atoms with van der Waals surface area (Å²) in [4.78, 5) is 17.8. The maximum absolute atomic E-state index is 12.4. The minimum atomic E-state index is -4.46. The van der Waals surface area contributed by atoms with Crippen molar-refractivity contribution < 1.29 is 23.0 Å². The van der Waals surface area contributed by atoms with Crippen LogP contribution in [0.3, 0.4) is 0 Å². The lowest BCUT2D eigenvalue weighted by molar-refractivity contribution is -0.345. The molecule has 2 rings (SSSR count). The van der Waals surface area contributed by atoms with Crippen LogP contribution in [0.4, 0.5) is 13.2 Å². The summed E-state index contributed by atoms with van der Waals surface area (Å²) in [7, 11) is 0. The zero-order chi connectivity index (χ0) is 15.5. The minimum absolute atomic E-state index is 0.0623. The normalized spacial score (nSPS) is 12.2. The highest BCUT2D eigenvalue weighted by Gasteiger charge is 2.31. The lowest BCUT2D eigenvalue weighted by Gasteiger charge is -2.05. The van der Waals surface area contributed by atoms with E-state index < -0.39 is 17.6 Å². The van der Waals surface area contributed by atoms with Crippen LogP contribution in [-0.2, 0) is 6.18 Å². The number of carbonyl (C=O) groups excluding carboxylic acids is 1.